The van der Waals surface area contributed by atoms with Crippen molar-refractivity contribution in [3.05, 3.63) is 18.1 Å². The van der Waals surface area contributed by atoms with Gasteiger partial charge >= 0.3 is 6.18 Å². The SMILES string of the molecule is Cc1nccnc1N1CCN(C(=O)C2C3CCC(O3)C2C(F)(F)F)CC1. The van der Waals surface area contributed by atoms with E-state index in [0.717, 1.165) is 11.5 Å². The van der Waals surface area contributed by atoms with Crippen molar-refractivity contribution in [1.29, 1.82) is 0 Å². The first kappa shape index (κ1) is 17.5. The normalized spacial score (nSPS) is 31.5. The summed E-state index contributed by atoms with van der Waals surface area (Å²) in [6.45, 7) is 3.69. The van der Waals surface area contributed by atoms with E-state index in [1.807, 2.05) is 11.8 Å². The summed E-state index contributed by atoms with van der Waals surface area (Å²) in [5.74, 6) is -2.43. The quantitative estimate of drug-likeness (QED) is 0.795. The molecule has 4 heterocycles. The summed E-state index contributed by atoms with van der Waals surface area (Å²) in [5, 5.41) is 0. The van der Waals surface area contributed by atoms with E-state index >= 15 is 0 Å². The van der Waals surface area contributed by atoms with Gasteiger partial charge in [0, 0.05) is 38.6 Å². The zero-order chi connectivity index (χ0) is 18.5. The van der Waals surface area contributed by atoms with Crippen LogP contribution in [-0.4, -0.2) is 65.3 Å². The number of hydrogen-bond donors (Lipinski definition) is 0. The van der Waals surface area contributed by atoms with E-state index in [-0.39, 0.29) is 0 Å². The molecule has 0 aliphatic carbocycles. The predicted molar refractivity (Wildman–Crippen MR) is 86.5 cm³/mol. The van der Waals surface area contributed by atoms with Crippen LogP contribution < -0.4 is 4.90 Å². The van der Waals surface area contributed by atoms with Crippen molar-refractivity contribution in [3.8, 4) is 0 Å². The summed E-state index contributed by atoms with van der Waals surface area (Å²) in [4.78, 5) is 25.0. The number of fused-ring (bicyclic) bond motifs is 2. The Morgan fingerprint density at radius 1 is 1.12 bits per heavy atom. The number of halogens is 3. The largest absolute Gasteiger partial charge is 0.395 e. The molecule has 0 aromatic carbocycles. The van der Waals surface area contributed by atoms with Crippen LogP contribution in [0.15, 0.2) is 12.4 Å². The molecule has 6 nitrogen and oxygen atoms in total. The number of aryl methyl sites for hydroxylation is 1. The highest BCUT2D eigenvalue weighted by molar-refractivity contribution is 5.81. The fourth-order valence-corrected chi connectivity index (χ4v) is 4.47. The summed E-state index contributed by atoms with van der Waals surface area (Å²) in [6, 6.07) is 0. The summed E-state index contributed by atoms with van der Waals surface area (Å²) in [6.07, 6.45) is -1.72. The molecule has 0 spiro atoms. The standard InChI is InChI=1S/C17H21F3N4O2/c1-10-15(22-5-4-21-10)23-6-8-24(9-7-23)16(25)13-11-2-3-12(26-11)14(13)17(18,19)20/h4-5,11-14H,2-3,6-9H2,1H3. The van der Waals surface area contributed by atoms with Gasteiger partial charge in [0.25, 0.3) is 0 Å². The van der Waals surface area contributed by atoms with Gasteiger partial charge in [-0.05, 0) is 19.8 Å². The average molecular weight is 370 g/mol. The van der Waals surface area contributed by atoms with Crippen LogP contribution in [0.1, 0.15) is 18.5 Å². The number of nitrogens with zero attached hydrogens (tertiary/aromatic N) is 4. The smallest absolute Gasteiger partial charge is 0.373 e. The lowest BCUT2D eigenvalue weighted by atomic mass is 9.78. The number of anilines is 1. The van der Waals surface area contributed by atoms with Crippen LogP contribution >= 0.6 is 0 Å². The topological polar surface area (TPSA) is 58.6 Å². The first-order valence-corrected chi connectivity index (χ1v) is 8.90. The molecule has 1 amide bonds. The van der Waals surface area contributed by atoms with Crippen LogP contribution in [0.4, 0.5) is 19.0 Å². The molecule has 142 valence electrons. The number of piperazine rings is 1. The molecule has 26 heavy (non-hydrogen) atoms. The van der Waals surface area contributed by atoms with Gasteiger partial charge in [-0.25, -0.2) is 4.98 Å². The summed E-state index contributed by atoms with van der Waals surface area (Å²) in [7, 11) is 0. The molecule has 3 saturated heterocycles. The molecular formula is C17H21F3N4O2. The van der Waals surface area contributed by atoms with Crippen molar-refractivity contribution in [3.63, 3.8) is 0 Å². The maximum atomic E-state index is 13.4. The second kappa shape index (κ2) is 6.37. The van der Waals surface area contributed by atoms with Crippen molar-refractivity contribution in [1.82, 2.24) is 14.9 Å². The minimum Gasteiger partial charge on any atom is -0.373 e. The van der Waals surface area contributed by atoms with Crippen LogP contribution in [0, 0.1) is 18.8 Å². The first-order valence-electron chi connectivity index (χ1n) is 8.90. The Bertz CT molecular complexity index is 691. The minimum absolute atomic E-state index is 0.382. The lowest BCUT2D eigenvalue weighted by Gasteiger charge is -2.39. The van der Waals surface area contributed by atoms with Crippen molar-refractivity contribution in [2.24, 2.45) is 11.8 Å². The highest BCUT2D eigenvalue weighted by Crippen LogP contribution is 2.51. The van der Waals surface area contributed by atoms with Crippen LogP contribution in [0.2, 0.25) is 0 Å². The van der Waals surface area contributed by atoms with Gasteiger partial charge in [-0.2, -0.15) is 13.2 Å². The highest BCUT2D eigenvalue weighted by Gasteiger charge is 2.63. The van der Waals surface area contributed by atoms with Crippen molar-refractivity contribution < 1.29 is 22.7 Å². The van der Waals surface area contributed by atoms with E-state index in [0.29, 0.717) is 39.0 Å². The maximum Gasteiger partial charge on any atom is 0.395 e. The molecule has 3 aliphatic rings. The van der Waals surface area contributed by atoms with Crippen LogP contribution in [0.5, 0.6) is 0 Å². The molecule has 9 heteroatoms. The Hall–Kier alpha value is -1.90. The number of rotatable bonds is 2. The van der Waals surface area contributed by atoms with Crippen molar-refractivity contribution in [2.75, 3.05) is 31.1 Å². The molecule has 0 N–H and O–H groups in total. The number of amides is 1. The van der Waals surface area contributed by atoms with Gasteiger partial charge in [-0.1, -0.05) is 0 Å². The number of hydrogen-bond acceptors (Lipinski definition) is 5. The van der Waals surface area contributed by atoms with E-state index in [2.05, 4.69) is 9.97 Å². The Morgan fingerprint density at radius 3 is 2.42 bits per heavy atom. The second-order valence-corrected chi connectivity index (χ2v) is 7.16. The summed E-state index contributed by atoms with van der Waals surface area (Å²) >= 11 is 0. The zero-order valence-electron chi connectivity index (χ0n) is 14.4. The number of aromatic nitrogens is 2. The molecule has 4 atom stereocenters. The lowest BCUT2D eigenvalue weighted by Crippen LogP contribution is -2.54. The van der Waals surface area contributed by atoms with E-state index < -0.39 is 36.1 Å². The van der Waals surface area contributed by atoms with E-state index in [4.69, 9.17) is 4.74 Å². The van der Waals surface area contributed by atoms with Gasteiger partial charge in [0.05, 0.1) is 29.7 Å². The lowest BCUT2D eigenvalue weighted by molar-refractivity contribution is -0.199. The molecule has 0 radical (unpaired) electrons. The molecule has 4 rings (SSSR count). The number of alkyl halides is 3. The fourth-order valence-electron chi connectivity index (χ4n) is 4.47. The summed E-state index contributed by atoms with van der Waals surface area (Å²) in [5.41, 5.74) is 0.797. The predicted octanol–water partition coefficient (Wildman–Crippen LogP) is 1.79. The third kappa shape index (κ3) is 2.91. The number of ether oxygens (including phenoxy) is 1. The second-order valence-electron chi connectivity index (χ2n) is 7.16. The molecule has 4 unspecified atom stereocenters. The van der Waals surface area contributed by atoms with Crippen LogP contribution in [0.3, 0.4) is 0 Å². The summed E-state index contributed by atoms with van der Waals surface area (Å²) < 4.78 is 45.8. The van der Waals surface area contributed by atoms with Gasteiger partial charge in [-0.3, -0.25) is 9.78 Å². The van der Waals surface area contributed by atoms with Gasteiger partial charge < -0.3 is 14.5 Å². The molecule has 3 aliphatic heterocycles. The van der Waals surface area contributed by atoms with Crippen molar-refractivity contribution >= 4 is 11.7 Å². The first-order chi connectivity index (χ1) is 12.4. The number of carbonyl (C=O) groups is 1. The Balaban J connectivity index is 1.44. The molecule has 0 saturated carbocycles. The fraction of sp³-hybridized carbons (Fsp3) is 0.706. The Labute approximate surface area is 149 Å². The Kier molecular flexibility index (Phi) is 4.29. The van der Waals surface area contributed by atoms with Gasteiger partial charge in [-0.15, -0.1) is 0 Å². The highest BCUT2D eigenvalue weighted by atomic mass is 19.4. The third-order valence-corrected chi connectivity index (χ3v) is 5.68. The average Bonchev–Trinajstić information content (AvgIpc) is 3.22. The minimum atomic E-state index is -4.40. The van der Waals surface area contributed by atoms with Gasteiger partial charge in [0.1, 0.15) is 5.82 Å². The molecule has 2 bridgehead atoms. The third-order valence-electron chi connectivity index (χ3n) is 5.68. The van der Waals surface area contributed by atoms with E-state index in [9.17, 15) is 18.0 Å². The van der Waals surface area contributed by atoms with E-state index in [1.54, 1.807) is 17.3 Å². The van der Waals surface area contributed by atoms with Crippen molar-refractivity contribution in [2.45, 2.75) is 38.1 Å². The van der Waals surface area contributed by atoms with E-state index in [1.165, 1.54) is 0 Å². The maximum absolute atomic E-state index is 13.4. The van der Waals surface area contributed by atoms with Crippen LogP contribution in [0.25, 0.3) is 0 Å². The number of carbonyl (C=O) groups excluding carboxylic acids is 1. The van der Waals surface area contributed by atoms with Gasteiger partial charge in [0.2, 0.25) is 5.91 Å². The molecule has 1 aromatic rings. The van der Waals surface area contributed by atoms with Gasteiger partial charge in [0.15, 0.2) is 0 Å². The molecule has 3 fully saturated rings. The van der Waals surface area contributed by atoms with Crippen LogP contribution in [-0.2, 0) is 9.53 Å². The monoisotopic (exact) mass is 370 g/mol. The zero-order valence-corrected chi connectivity index (χ0v) is 14.4. The molecular weight excluding hydrogens is 349 g/mol. The molecule has 1 aromatic heterocycles. The Morgan fingerprint density at radius 2 is 1.77 bits per heavy atom.